The predicted molar refractivity (Wildman–Crippen MR) is 155 cm³/mol. The third-order valence-electron chi connectivity index (χ3n) is 6.86. The molecule has 1 atom stereocenters. The summed E-state index contributed by atoms with van der Waals surface area (Å²) in [5.41, 5.74) is 2.17. The highest BCUT2D eigenvalue weighted by Gasteiger charge is 2.35. The summed E-state index contributed by atoms with van der Waals surface area (Å²) in [6, 6.07) is 20.4. The first-order valence-corrected chi connectivity index (χ1v) is 14.1. The van der Waals surface area contributed by atoms with Crippen LogP contribution in [0.3, 0.4) is 0 Å². The number of nitrogens with one attached hydrogen (secondary N) is 1. The van der Waals surface area contributed by atoms with Gasteiger partial charge in [0.2, 0.25) is 11.8 Å². The van der Waals surface area contributed by atoms with E-state index in [9.17, 15) is 19.2 Å². The van der Waals surface area contributed by atoms with E-state index in [0.29, 0.717) is 39.7 Å². The van der Waals surface area contributed by atoms with Crippen LogP contribution in [0.15, 0.2) is 72.8 Å². The highest BCUT2D eigenvalue weighted by molar-refractivity contribution is 6.36. The molecule has 4 rings (SSSR count). The van der Waals surface area contributed by atoms with Crippen molar-refractivity contribution in [2.75, 3.05) is 13.1 Å². The maximum Gasteiger partial charge on any atom is 0.261 e. The van der Waals surface area contributed by atoms with Gasteiger partial charge in [0, 0.05) is 48.1 Å². The normalized spacial score (nSPS) is 13.2. The fourth-order valence-corrected chi connectivity index (χ4v) is 5.26. The van der Waals surface area contributed by atoms with Crippen LogP contribution in [0.5, 0.6) is 0 Å². The number of nitrogens with zero attached hydrogens (tertiary/aromatic N) is 2. The molecule has 0 saturated carbocycles. The lowest BCUT2D eigenvalue weighted by Crippen LogP contribution is -2.50. The van der Waals surface area contributed by atoms with Crippen molar-refractivity contribution < 1.29 is 19.2 Å². The molecule has 3 aromatic rings. The maximum absolute atomic E-state index is 13.8. The average molecular weight is 581 g/mol. The van der Waals surface area contributed by atoms with Crippen molar-refractivity contribution in [2.45, 2.75) is 45.2 Å². The van der Waals surface area contributed by atoms with Crippen LogP contribution >= 0.6 is 23.2 Å². The van der Waals surface area contributed by atoms with Crippen LogP contribution in [0.4, 0.5) is 0 Å². The Kier molecular flexibility index (Phi) is 9.96. The average Bonchev–Trinajstić information content (AvgIpc) is 3.20. The Morgan fingerprint density at radius 3 is 2.08 bits per heavy atom. The van der Waals surface area contributed by atoms with Gasteiger partial charge in [-0.05, 0) is 42.7 Å². The zero-order chi connectivity index (χ0) is 28.6. The number of halogens is 2. The first-order chi connectivity index (χ1) is 19.3. The van der Waals surface area contributed by atoms with Gasteiger partial charge in [0.25, 0.3) is 11.8 Å². The van der Waals surface area contributed by atoms with Gasteiger partial charge in [-0.3, -0.25) is 24.1 Å². The molecule has 1 aliphatic rings. The molecule has 0 spiro atoms. The van der Waals surface area contributed by atoms with Crippen LogP contribution in [0.2, 0.25) is 10.0 Å². The number of hydrogen-bond acceptors (Lipinski definition) is 4. The van der Waals surface area contributed by atoms with E-state index in [2.05, 4.69) is 5.32 Å². The van der Waals surface area contributed by atoms with Gasteiger partial charge < -0.3 is 10.2 Å². The van der Waals surface area contributed by atoms with Crippen molar-refractivity contribution in [1.82, 2.24) is 15.1 Å². The molecule has 0 radical (unpaired) electrons. The summed E-state index contributed by atoms with van der Waals surface area (Å²) in [4.78, 5) is 55.4. The quantitative estimate of drug-likeness (QED) is 0.285. The van der Waals surface area contributed by atoms with Crippen molar-refractivity contribution in [3.05, 3.63) is 105 Å². The van der Waals surface area contributed by atoms with Gasteiger partial charge in [-0.2, -0.15) is 0 Å². The summed E-state index contributed by atoms with van der Waals surface area (Å²) in [7, 11) is 0. The lowest BCUT2D eigenvalue weighted by Gasteiger charge is -2.32. The van der Waals surface area contributed by atoms with E-state index < -0.39 is 6.04 Å². The van der Waals surface area contributed by atoms with E-state index in [1.165, 1.54) is 9.80 Å². The number of carbonyl (C=O) groups excluding carboxylic acids is 4. The van der Waals surface area contributed by atoms with Crippen molar-refractivity contribution in [1.29, 1.82) is 0 Å². The Hall–Kier alpha value is -3.68. The summed E-state index contributed by atoms with van der Waals surface area (Å²) in [6.45, 7) is 2.54. The molecular weight excluding hydrogens is 549 g/mol. The van der Waals surface area contributed by atoms with Gasteiger partial charge in [0.15, 0.2) is 0 Å². The smallest absolute Gasteiger partial charge is 0.261 e. The van der Waals surface area contributed by atoms with Gasteiger partial charge in [0.1, 0.15) is 6.04 Å². The second-order valence-corrected chi connectivity index (χ2v) is 10.4. The summed E-state index contributed by atoms with van der Waals surface area (Å²) in [5.74, 6) is -1.31. The van der Waals surface area contributed by atoms with Crippen LogP contribution in [0.25, 0.3) is 0 Å². The standard InChI is InChI=1S/C31H31Cl2N3O4/c1-2-17-34-29(38)27(19-21-10-4-3-5-11-21)36(20-24-25(32)14-8-15-26(24)33)28(37)16-9-18-35-30(39)22-12-6-7-13-23(22)31(35)40/h3-8,10-15,27H,2,9,16-20H2,1H3,(H,34,38)/t27-/m0/s1. The third kappa shape index (κ3) is 6.72. The number of fused-ring (bicyclic) bond motifs is 1. The Labute approximate surface area is 244 Å². The molecule has 0 bridgehead atoms. The van der Waals surface area contributed by atoms with Crippen LogP contribution in [0.1, 0.15) is 58.0 Å². The summed E-state index contributed by atoms with van der Waals surface area (Å²) in [5, 5.41) is 3.71. The Morgan fingerprint density at radius 2 is 1.48 bits per heavy atom. The number of hydrogen-bond donors (Lipinski definition) is 1. The minimum atomic E-state index is -0.826. The van der Waals surface area contributed by atoms with Gasteiger partial charge in [0.05, 0.1) is 11.1 Å². The first-order valence-electron chi connectivity index (χ1n) is 13.3. The van der Waals surface area contributed by atoms with E-state index >= 15 is 0 Å². The molecule has 208 valence electrons. The van der Waals surface area contributed by atoms with Crippen molar-refractivity contribution in [3.63, 3.8) is 0 Å². The lowest BCUT2D eigenvalue weighted by atomic mass is 10.0. The maximum atomic E-state index is 13.8. The van der Waals surface area contributed by atoms with Gasteiger partial charge >= 0.3 is 0 Å². The molecule has 4 amide bonds. The minimum Gasteiger partial charge on any atom is -0.354 e. The van der Waals surface area contributed by atoms with E-state index in [-0.39, 0.29) is 49.6 Å². The predicted octanol–water partition coefficient (Wildman–Crippen LogP) is 5.54. The monoisotopic (exact) mass is 579 g/mol. The fourth-order valence-electron chi connectivity index (χ4n) is 4.75. The van der Waals surface area contributed by atoms with E-state index in [1.807, 2.05) is 37.3 Å². The van der Waals surface area contributed by atoms with Crippen LogP contribution < -0.4 is 5.32 Å². The molecule has 40 heavy (non-hydrogen) atoms. The van der Waals surface area contributed by atoms with Crippen molar-refractivity contribution in [3.8, 4) is 0 Å². The molecular formula is C31H31Cl2N3O4. The molecule has 0 aromatic heterocycles. The van der Waals surface area contributed by atoms with E-state index in [0.717, 1.165) is 12.0 Å². The molecule has 0 unspecified atom stereocenters. The lowest BCUT2D eigenvalue weighted by molar-refractivity contribution is -0.141. The van der Waals surface area contributed by atoms with Crippen molar-refractivity contribution >= 4 is 46.8 Å². The highest BCUT2D eigenvalue weighted by atomic mass is 35.5. The fraction of sp³-hybridized carbons (Fsp3) is 0.290. The van der Waals surface area contributed by atoms with Crippen LogP contribution in [-0.4, -0.2) is 52.6 Å². The highest BCUT2D eigenvalue weighted by Crippen LogP contribution is 2.28. The summed E-state index contributed by atoms with van der Waals surface area (Å²) in [6.07, 6.45) is 1.30. The van der Waals surface area contributed by atoms with Crippen LogP contribution in [0, 0.1) is 0 Å². The number of amides is 4. The van der Waals surface area contributed by atoms with Gasteiger partial charge in [-0.25, -0.2) is 0 Å². The Morgan fingerprint density at radius 1 is 0.875 bits per heavy atom. The Bertz CT molecular complexity index is 1340. The molecule has 1 heterocycles. The molecule has 0 saturated heterocycles. The van der Waals surface area contributed by atoms with Crippen molar-refractivity contribution in [2.24, 2.45) is 0 Å². The molecule has 1 aliphatic heterocycles. The van der Waals surface area contributed by atoms with Crippen LogP contribution in [-0.2, 0) is 22.6 Å². The SMILES string of the molecule is CCCNC(=O)[C@H](Cc1ccccc1)N(Cc1c(Cl)cccc1Cl)C(=O)CCCN1C(=O)c2ccccc2C1=O. The number of benzene rings is 3. The molecule has 7 nitrogen and oxygen atoms in total. The van der Waals surface area contributed by atoms with Gasteiger partial charge in [-0.1, -0.05) is 78.7 Å². The second kappa shape index (κ2) is 13.6. The summed E-state index contributed by atoms with van der Waals surface area (Å²) < 4.78 is 0. The zero-order valence-corrected chi connectivity index (χ0v) is 23.8. The Balaban J connectivity index is 1.57. The number of imide groups is 1. The largest absolute Gasteiger partial charge is 0.354 e. The van der Waals surface area contributed by atoms with E-state index in [1.54, 1.807) is 42.5 Å². The molecule has 1 N–H and O–H groups in total. The van der Waals surface area contributed by atoms with Gasteiger partial charge in [-0.15, -0.1) is 0 Å². The second-order valence-electron chi connectivity index (χ2n) is 9.63. The topological polar surface area (TPSA) is 86.8 Å². The number of carbonyl (C=O) groups is 4. The summed E-state index contributed by atoms with van der Waals surface area (Å²) >= 11 is 12.9. The number of rotatable bonds is 12. The third-order valence-corrected chi connectivity index (χ3v) is 7.57. The minimum absolute atomic E-state index is 0.0157. The van der Waals surface area contributed by atoms with E-state index in [4.69, 9.17) is 23.2 Å². The first kappa shape index (κ1) is 29.3. The zero-order valence-electron chi connectivity index (χ0n) is 22.2. The molecule has 9 heteroatoms. The molecule has 0 fully saturated rings. The molecule has 0 aliphatic carbocycles. The molecule has 3 aromatic carbocycles.